The quantitative estimate of drug-likeness (QED) is 0.768. The molecule has 6 heteroatoms. The molecule has 0 atom stereocenters. The Bertz CT molecular complexity index is 702. The Hall–Kier alpha value is -2.86. The fourth-order valence-electron chi connectivity index (χ4n) is 1.61. The van der Waals surface area contributed by atoms with E-state index in [1.165, 1.54) is 23.0 Å². The van der Waals surface area contributed by atoms with Gasteiger partial charge >= 0.3 is 0 Å². The highest BCUT2D eigenvalue weighted by Crippen LogP contribution is 2.23. The average molecular weight is 241 g/mol. The Labute approximate surface area is 103 Å². The van der Waals surface area contributed by atoms with Gasteiger partial charge in [-0.15, -0.1) is 0 Å². The number of imidazole rings is 1. The van der Waals surface area contributed by atoms with Gasteiger partial charge in [-0.3, -0.25) is 4.57 Å². The number of hydrogen-bond donors (Lipinski definition) is 1. The van der Waals surface area contributed by atoms with Crippen molar-refractivity contribution in [2.75, 3.05) is 5.73 Å². The highest BCUT2D eigenvalue weighted by molar-refractivity contribution is 5.61. The number of nitrogens with two attached hydrogens (primary N) is 1. The minimum absolute atomic E-state index is 0.0129. The molecule has 0 aliphatic rings. The number of rotatable bonds is 1. The van der Waals surface area contributed by atoms with Crippen molar-refractivity contribution < 1.29 is 4.39 Å². The number of nitrogen functional groups attached to an aromatic ring is 1. The van der Waals surface area contributed by atoms with E-state index in [1.54, 1.807) is 6.92 Å². The molecule has 88 valence electrons. The molecule has 2 rings (SSSR count). The smallest absolute Gasteiger partial charge is 0.177 e. The van der Waals surface area contributed by atoms with Crippen molar-refractivity contribution in [3.63, 3.8) is 0 Å². The second-order valence-electron chi connectivity index (χ2n) is 3.70. The van der Waals surface area contributed by atoms with Crippen LogP contribution >= 0.6 is 0 Å². The van der Waals surface area contributed by atoms with Crippen LogP contribution < -0.4 is 5.73 Å². The van der Waals surface area contributed by atoms with Gasteiger partial charge in [0.25, 0.3) is 0 Å². The van der Waals surface area contributed by atoms with Crippen LogP contribution in [0.1, 0.15) is 17.0 Å². The Morgan fingerprint density at radius 2 is 2.06 bits per heavy atom. The lowest BCUT2D eigenvalue weighted by Gasteiger charge is -2.09. The van der Waals surface area contributed by atoms with E-state index in [-0.39, 0.29) is 17.1 Å². The molecule has 0 spiro atoms. The predicted molar refractivity (Wildman–Crippen MR) is 62.1 cm³/mol. The van der Waals surface area contributed by atoms with Gasteiger partial charge < -0.3 is 5.73 Å². The predicted octanol–water partition coefficient (Wildman–Crippen LogP) is 1.65. The van der Waals surface area contributed by atoms with Crippen LogP contribution in [0.2, 0.25) is 0 Å². The number of benzene rings is 1. The van der Waals surface area contributed by atoms with E-state index in [9.17, 15) is 4.39 Å². The zero-order valence-corrected chi connectivity index (χ0v) is 9.48. The number of aryl methyl sites for hydroxylation is 1. The van der Waals surface area contributed by atoms with E-state index in [4.69, 9.17) is 16.3 Å². The molecule has 1 aromatic heterocycles. The van der Waals surface area contributed by atoms with Crippen LogP contribution in [-0.2, 0) is 0 Å². The van der Waals surface area contributed by atoms with Gasteiger partial charge in [0.05, 0.1) is 11.4 Å². The molecular weight excluding hydrogens is 233 g/mol. The van der Waals surface area contributed by atoms with Crippen LogP contribution in [-0.4, -0.2) is 9.55 Å². The van der Waals surface area contributed by atoms with Gasteiger partial charge in [0.2, 0.25) is 0 Å². The van der Waals surface area contributed by atoms with Crippen LogP contribution in [0.3, 0.4) is 0 Å². The molecule has 0 unspecified atom stereocenters. The van der Waals surface area contributed by atoms with E-state index in [0.29, 0.717) is 11.3 Å². The standard InChI is InChI=1S/C12H8FN5/c1-7-2-11(9(16)3-8(7)13)18-6-17-10(4-14)12(18)5-15/h2-3,6H,16H2,1H3. The maximum absolute atomic E-state index is 13.3. The Balaban J connectivity index is 2.71. The summed E-state index contributed by atoms with van der Waals surface area (Å²) in [7, 11) is 0. The van der Waals surface area contributed by atoms with E-state index in [2.05, 4.69) is 4.98 Å². The number of halogens is 1. The molecule has 1 aromatic carbocycles. The van der Waals surface area contributed by atoms with Crippen molar-refractivity contribution in [2.24, 2.45) is 0 Å². The molecule has 1 heterocycles. The number of nitrogens with zero attached hydrogens (tertiary/aromatic N) is 4. The maximum Gasteiger partial charge on any atom is 0.177 e. The molecule has 0 saturated heterocycles. The van der Waals surface area contributed by atoms with Crippen molar-refractivity contribution in [2.45, 2.75) is 6.92 Å². The molecule has 0 aliphatic heterocycles. The molecule has 0 bridgehead atoms. The lowest BCUT2D eigenvalue weighted by molar-refractivity contribution is 0.618. The molecular formula is C12H8FN5. The molecule has 2 N–H and O–H groups in total. The molecule has 0 amide bonds. The second kappa shape index (κ2) is 4.19. The van der Waals surface area contributed by atoms with Crippen molar-refractivity contribution in [3.05, 3.63) is 41.2 Å². The monoisotopic (exact) mass is 241 g/mol. The Morgan fingerprint density at radius 1 is 1.33 bits per heavy atom. The van der Waals surface area contributed by atoms with Gasteiger partial charge in [-0.25, -0.2) is 9.37 Å². The summed E-state index contributed by atoms with van der Waals surface area (Å²) in [6.07, 6.45) is 1.32. The normalized spacial score (nSPS) is 9.78. The first-order valence-electron chi connectivity index (χ1n) is 5.02. The van der Waals surface area contributed by atoms with Gasteiger partial charge in [-0.05, 0) is 24.6 Å². The molecule has 2 aromatic rings. The molecule has 18 heavy (non-hydrogen) atoms. The molecule has 5 nitrogen and oxygen atoms in total. The fourth-order valence-corrected chi connectivity index (χ4v) is 1.61. The molecule has 0 radical (unpaired) electrons. The summed E-state index contributed by atoms with van der Waals surface area (Å²) in [4.78, 5) is 3.81. The van der Waals surface area contributed by atoms with Crippen LogP contribution in [0.15, 0.2) is 18.5 Å². The first kappa shape index (κ1) is 11.6. The highest BCUT2D eigenvalue weighted by atomic mass is 19.1. The van der Waals surface area contributed by atoms with Gasteiger partial charge in [0.15, 0.2) is 11.4 Å². The summed E-state index contributed by atoms with van der Waals surface area (Å²) >= 11 is 0. The van der Waals surface area contributed by atoms with E-state index < -0.39 is 5.82 Å². The Morgan fingerprint density at radius 3 is 2.67 bits per heavy atom. The highest BCUT2D eigenvalue weighted by Gasteiger charge is 2.14. The number of hydrogen-bond acceptors (Lipinski definition) is 4. The van der Waals surface area contributed by atoms with Gasteiger partial charge in [0, 0.05) is 0 Å². The summed E-state index contributed by atoms with van der Waals surface area (Å²) in [6, 6.07) is 6.38. The topological polar surface area (TPSA) is 91.4 Å². The van der Waals surface area contributed by atoms with Gasteiger partial charge in [-0.2, -0.15) is 10.5 Å². The van der Waals surface area contributed by atoms with E-state index in [0.717, 1.165) is 0 Å². The lowest BCUT2D eigenvalue weighted by Crippen LogP contribution is -2.03. The molecule has 0 saturated carbocycles. The summed E-state index contributed by atoms with van der Waals surface area (Å²) in [5.74, 6) is -0.421. The first-order chi connectivity index (χ1) is 8.58. The SMILES string of the molecule is Cc1cc(-n2cnc(C#N)c2C#N)c(N)cc1F. The maximum atomic E-state index is 13.3. The Kier molecular flexibility index (Phi) is 2.70. The van der Waals surface area contributed by atoms with Crippen molar-refractivity contribution >= 4 is 5.69 Å². The van der Waals surface area contributed by atoms with Gasteiger partial charge in [-0.1, -0.05) is 0 Å². The number of anilines is 1. The van der Waals surface area contributed by atoms with Crippen molar-refractivity contribution in [3.8, 4) is 17.8 Å². The van der Waals surface area contributed by atoms with Crippen LogP contribution in [0.25, 0.3) is 5.69 Å². The summed E-state index contributed by atoms with van der Waals surface area (Å²) in [5.41, 5.74) is 6.81. The third-order valence-corrected chi connectivity index (χ3v) is 2.55. The number of nitriles is 2. The van der Waals surface area contributed by atoms with Crippen LogP contribution in [0.4, 0.5) is 10.1 Å². The fraction of sp³-hybridized carbons (Fsp3) is 0.0833. The van der Waals surface area contributed by atoms with Crippen LogP contribution in [0.5, 0.6) is 0 Å². The minimum Gasteiger partial charge on any atom is -0.397 e. The van der Waals surface area contributed by atoms with E-state index >= 15 is 0 Å². The molecule has 0 fully saturated rings. The van der Waals surface area contributed by atoms with E-state index in [1.807, 2.05) is 12.1 Å². The first-order valence-corrected chi connectivity index (χ1v) is 5.02. The summed E-state index contributed by atoms with van der Waals surface area (Å²) in [6.45, 7) is 1.59. The lowest BCUT2D eigenvalue weighted by atomic mass is 10.1. The van der Waals surface area contributed by atoms with Crippen molar-refractivity contribution in [1.82, 2.24) is 9.55 Å². The zero-order chi connectivity index (χ0) is 13.3. The summed E-state index contributed by atoms with van der Waals surface area (Å²) in [5, 5.41) is 17.8. The zero-order valence-electron chi connectivity index (χ0n) is 9.48. The van der Waals surface area contributed by atoms with Crippen LogP contribution in [0, 0.1) is 35.4 Å². The molecule has 0 aliphatic carbocycles. The third kappa shape index (κ3) is 1.66. The van der Waals surface area contributed by atoms with Crippen molar-refractivity contribution in [1.29, 1.82) is 10.5 Å². The summed E-state index contributed by atoms with van der Waals surface area (Å²) < 4.78 is 14.7. The minimum atomic E-state index is -0.421. The third-order valence-electron chi connectivity index (χ3n) is 2.55. The van der Waals surface area contributed by atoms with Gasteiger partial charge in [0.1, 0.15) is 24.3 Å². The average Bonchev–Trinajstić information content (AvgIpc) is 2.76. The number of aromatic nitrogens is 2. The second-order valence-corrected chi connectivity index (χ2v) is 3.70. The largest absolute Gasteiger partial charge is 0.397 e.